The fourth-order valence-corrected chi connectivity index (χ4v) is 2.62. The van der Waals surface area contributed by atoms with E-state index in [9.17, 15) is 0 Å². The van der Waals surface area contributed by atoms with Crippen LogP contribution in [-0.2, 0) is 7.05 Å². The lowest BCUT2D eigenvalue weighted by Gasteiger charge is -2.30. The van der Waals surface area contributed by atoms with Crippen LogP contribution in [0.3, 0.4) is 0 Å². The molecule has 1 aromatic carbocycles. The number of likely N-dealkylation sites (N-methyl/N-ethyl adjacent to an activating group) is 1. The number of hydrogen-bond acceptors (Lipinski definition) is 1. The summed E-state index contributed by atoms with van der Waals surface area (Å²) in [5, 5.41) is 1.36. The first-order valence-electron chi connectivity index (χ1n) is 6.09. The Bertz CT molecular complexity index is 619. The lowest BCUT2D eigenvalue weighted by atomic mass is 10.0. The average Bonchev–Trinajstić information content (AvgIpc) is 2.61. The number of aryl methyl sites for hydroxylation is 2. The zero-order valence-electron chi connectivity index (χ0n) is 10.9. The summed E-state index contributed by atoms with van der Waals surface area (Å²) in [5.74, 6) is 0. The number of benzene rings is 1. The Morgan fingerprint density at radius 1 is 1.18 bits per heavy atom. The predicted octanol–water partition coefficient (Wildman–Crippen LogP) is 3.34. The summed E-state index contributed by atoms with van der Waals surface area (Å²) in [5.41, 5.74) is 5.31. The first-order chi connectivity index (χ1) is 8.09. The van der Waals surface area contributed by atoms with Crippen molar-refractivity contribution >= 4 is 22.7 Å². The SMILES string of the molecule is Cc1cc2c3c(ccc2n1C)N(C)C(C)C=C3. The van der Waals surface area contributed by atoms with E-state index in [-0.39, 0.29) is 0 Å². The molecule has 0 amide bonds. The van der Waals surface area contributed by atoms with E-state index >= 15 is 0 Å². The Kier molecular flexibility index (Phi) is 2.09. The van der Waals surface area contributed by atoms with Crippen molar-refractivity contribution in [2.75, 3.05) is 11.9 Å². The van der Waals surface area contributed by atoms with Gasteiger partial charge in [-0.1, -0.05) is 12.2 Å². The summed E-state index contributed by atoms with van der Waals surface area (Å²) >= 11 is 0. The number of rotatable bonds is 0. The second-order valence-corrected chi connectivity index (χ2v) is 4.99. The third kappa shape index (κ3) is 1.33. The summed E-state index contributed by atoms with van der Waals surface area (Å²) < 4.78 is 2.25. The first kappa shape index (κ1) is 10.5. The van der Waals surface area contributed by atoms with E-state index in [1.165, 1.54) is 27.8 Å². The highest BCUT2D eigenvalue weighted by molar-refractivity contribution is 5.96. The van der Waals surface area contributed by atoms with Crippen LogP contribution >= 0.6 is 0 Å². The molecule has 1 aliphatic heterocycles. The molecule has 0 bridgehead atoms. The number of aromatic nitrogens is 1. The third-order valence-corrected chi connectivity index (χ3v) is 4.02. The summed E-state index contributed by atoms with van der Waals surface area (Å²) in [7, 11) is 4.29. The molecule has 0 saturated carbocycles. The highest BCUT2D eigenvalue weighted by atomic mass is 15.1. The number of anilines is 1. The van der Waals surface area contributed by atoms with Crippen molar-refractivity contribution in [3.8, 4) is 0 Å². The van der Waals surface area contributed by atoms with Gasteiger partial charge in [-0.25, -0.2) is 0 Å². The fourth-order valence-electron chi connectivity index (χ4n) is 2.62. The second-order valence-electron chi connectivity index (χ2n) is 4.99. The van der Waals surface area contributed by atoms with Crippen molar-refractivity contribution in [1.82, 2.24) is 4.57 Å². The molecule has 1 atom stereocenters. The molecular weight excluding hydrogens is 208 g/mol. The second kappa shape index (κ2) is 3.39. The van der Waals surface area contributed by atoms with Crippen LogP contribution < -0.4 is 4.90 Å². The standard InChI is InChI=1S/C15H18N2/c1-10-5-6-12-13-9-11(2)17(4)15(13)8-7-14(12)16(10)3/h5-10H,1-4H3. The lowest BCUT2D eigenvalue weighted by Crippen LogP contribution is -2.29. The summed E-state index contributed by atoms with van der Waals surface area (Å²) in [6.07, 6.45) is 4.53. The largest absolute Gasteiger partial charge is 0.368 e. The molecule has 2 heterocycles. The molecule has 2 nitrogen and oxygen atoms in total. The van der Waals surface area contributed by atoms with Crippen molar-refractivity contribution in [3.05, 3.63) is 35.5 Å². The number of hydrogen-bond donors (Lipinski definition) is 0. The monoisotopic (exact) mass is 226 g/mol. The van der Waals surface area contributed by atoms with Gasteiger partial charge in [-0.3, -0.25) is 0 Å². The summed E-state index contributed by atoms with van der Waals surface area (Å²) in [6.45, 7) is 4.38. The van der Waals surface area contributed by atoms with Crippen LogP contribution in [0, 0.1) is 6.92 Å². The highest BCUT2D eigenvalue weighted by Crippen LogP contribution is 2.34. The van der Waals surface area contributed by atoms with Gasteiger partial charge in [0.1, 0.15) is 0 Å². The minimum atomic E-state index is 0.477. The molecule has 2 heteroatoms. The molecule has 88 valence electrons. The molecule has 0 radical (unpaired) electrons. The molecule has 0 N–H and O–H groups in total. The van der Waals surface area contributed by atoms with Gasteiger partial charge in [0.2, 0.25) is 0 Å². The van der Waals surface area contributed by atoms with Crippen molar-refractivity contribution in [1.29, 1.82) is 0 Å². The molecule has 1 aromatic heterocycles. The predicted molar refractivity (Wildman–Crippen MR) is 74.6 cm³/mol. The maximum absolute atomic E-state index is 2.33. The Morgan fingerprint density at radius 2 is 1.94 bits per heavy atom. The topological polar surface area (TPSA) is 8.17 Å². The maximum atomic E-state index is 2.33. The van der Waals surface area contributed by atoms with Crippen molar-refractivity contribution in [2.24, 2.45) is 7.05 Å². The zero-order valence-corrected chi connectivity index (χ0v) is 10.9. The van der Waals surface area contributed by atoms with E-state index in [1.807, 2.05) is 0 Å². The molecule has 0 saturated heterocycles. The van der Waals surface area contributed by atoms with Crippen LogP contribution in [0.2, 0.25) is 0 Å². The molecular formula is C15H18N2. The van der Waals surface area contributed by atoms with Gasteiger partial charge >= 0.3 is 0 Å². The van der Waals surface area contributed by atoms with Crippen LogP contribution in [0.1, 0.15) is 18.2 Å². The molecule has 17 heavy (non-hydrogen) atoms. The smallest absolute Gasteiger partial charge is 0.0487 e. The van der Waals surface area contributed by atoms with Crippen molar-refractivity contribution in [2.45, 2.75) is 19.9 Å². The lowest BCUT2D eigenvalue weighted by molar-refractivity contribution is 0.818. The van der Waals surface area contributed by atoms with Crippen molar-refractivity contribution in [3.63, 3.8) is 0 Å². The average molecular weight is 226 g/mol. The van der Waals surface area contributed by atoms with Crippen LogP contribution in [0.4, 0.5) is 5.69 Å². The Balaban J connectivity index is 2.36. The quantitative estimate of drug-likeness (QED) is 0.669. The Hall–Kier alpha value is -1.70. The highest BCUT2D eigenvalue weighted by Gasteiger charge is 2.18. The van der Waals surface area contributed by atoms with Crippen molar-refractivity contribution < 1.29 is 0 Å². The molecule has 2 aromatic rings. The van der Waals surface area contributed by atoms with Gasteiger partial charge < -0.3 is 9.47 Å². The van der Waals surface area contributed by atoms with Gasteiger partial charge in [-0.15, -0.1) is 0 Å². The van der Waals surface area contributed by atoms with E-state index in [0.717, 1.165) is 0 Å². The summed E-state index contributed by atoms with van der Waals surface area (Å²) in [4.78, 5) is 2.33. The molecule has 1 aliphatic rings. The molecule has 0 fully saturated rings. The number of nitrogens with zero attached hydrogens (tertiary/aromatic N) is 2. The molecule has 1 unspecified atom stereocenters. The van der Waals surface area contributed by atoms with Crippen LogP contribution in [-0.4, -0.2) is 17.7 Å². The van der Waals surface area contributed by atoms with Gasteiger partial charge in [0.05, 0.1) is 0 Å². The summed E-state index contributed by atoms with van der Waals surface area (Å²) in [6, 6.07) is 7.22. The van der Waals surface area contributed by atoms with Gasteiger partial charge in [0.15, 0.2) is 0 Å². The van der Waals surface area contributed by atoms with Gasteiger partial charge in [-0.05, 0) is 32.0 Å². The first-order valence-corrected chi connectivity index (χ1v) is 6.09. The van der Waals surface area contributed by atoms with Gasteiger partial charge in [0.25, 0.3) is 0 Å². The number of fused-ring (bicyclic) bond motifs is 3. The normalized spacial score (nSPS) is 18.8. The van der Waals surface area contributed by atoms with Gasteiger partial charge in [0, 0.05) is 48.0 Å². The molecule has 0 aliphatic carbocycles. The zero-order chi connectivity index (χ0) is 12.2. The Morgan fingerprint density at radius 3 is 2.71 bits per heavy atom. The van der Waals surface area contributed by atoms with Crippen LogP contribution in [0.15, 0.2) is 24.3 Å². The van der Waals surface area contributed by atoms with Crippen LogP contribution in [0.5, 0.6) is 0 Å². The van der Waals surface area contributed by atoms with E-state index in [2.05, 4.69) is 67.8 Å². The minimum Gasteiger partial charge on any atom is -0.368 e. The van der Waals surface area contributed by atoms with E-state index in [1.54, 1.807) is 0 Å². The van der Waals surface area contributed by atoms with Gasteiger partial charge in [-0.2, -0.15) is 0 Å². The Labute approximate surface area is 102 Å². The molecule has 0 spiro atoms. The fraction of sp³-hybridized carbons (Fsp3) is 0.333. The maximum Gasteiger partial charge on any atom is 0.0487 e. The van der Waals surface area contributed by atoms with Crippen LogP contribution in [0.25, 0.3) is 17.0 Å². The minimum absolute atomic E-state index is 0.477. The molecule has 3 rings (SSSR count). The van der Waals surface area contributed by atoms with E-state index < -0.39 is 0 Å². The third-order valence-electron chi connectivity index (χ3n) is 4.02. The van der Waals surface area contributed by atoms with E-state index in [0.29, 0.717) is 6.04 Å². The van der Waals surface area contributed by atoms with E-state index in [4.69, 9.17) is 0 Å².